The Morgan fingerprint density at radius 1 is 0.732 bits per heavy atom. The largest absolute Gasteiger partial charge is 0.469 e. The Morgan fingerprint density at radius 2 is 1.30 bits per heavy atom. The molecule has 0 heterocycles. The third-order valence-electron chi connectivity index (χ3n) is 9.76. The molecule has 10 nitrogen and oxygen atoms in total. The summed E-state index contributed by atoms with van der Waals surface area (Å²) in [5, 5.41) is 10.2. The first-order valence-electron chi connectivity index (χ1n) is 21.6. The van der Waals surface area contributed by atoms with E-state index in [1.807, 2.05) is 24.3 Å². The van der Waals surface area contributed by atoms with E-state index in [1.165, 1.54) is 57.8 Å². The number of esters is 2. The van der Waals surface area contributed by atoms with E-state index in [2.05, 4.69) is 42.7 Å². The van der Waals surface area contributed by atoms with Gasteiger partial charge in [0.2, 0.25) is 0 Å². The van der Waals surface area contributed by atoms with Gasteiger partial charge in [0.1, 0.15) is 6.61 Å². The second kappa shape index (κ2) is 34.4. The van der Waals surface area contributed by atoms with E-state index in [1.54, 1.807) is 12.2 Å². The number of hydrogen-bond acceptors (Lipinski definition) is 8. The Hall–Kier alpha value is -2.62. The van der Waals surface area contributed by atoms with Crippen LogP contribution in [0.5, 0.6) is 0 Å². The van der Waals surface area contributed by atoms with Gasteiger partial charge in [0.15, 0.2) is 11.9 Å². The molecule has 11 heteroatoms. The predicted octanol–water partition coefficient (Wildman–Crippen LogP) is 10.9. The quantitative estimate of drug-likeness (QED) is 0.0241. The molecule has 0 aliphatic heterocycles. The molecular formula is C45H75O10P. The van der Waals surface area contributed by atoms with E-state index in [-0.39, 0.29) is 37.1 Å². The lowest BCUT2D eigenvalue weighted by atomic mass is 9.90. The van der Waals surface area contributed by atoms with Gasteiger partial charge in [0.25, 0.3) is 0 Å². The number of phosphoric ester groups is 1. The average Bonchev–Trinajstić information content (AvgIpc) is 3.52. The molecule has 1 aliphatic rings. The summed E-state index contributed by atoms with van der Waals surface area (Å²) >= 11 is 0. The molecule has 0 aromatic heterocycles. The predicted molar refractivity (Wildman–Crippen MR) is 225 cm³/mol. The number of allylic oxidation sites excluding steroid dienone is 9. The van der Waals surface area contributed by atoms with Crippen molar-refractivity contribution in [2.45, 2.75) is 180 Å². The highest BCUT2D eigenvalue weighted by Gasteiger charge is 2.27. The van der Waals surface area contributed by atoms with Gasteiger partial charge in [-0.2, -0.15) is 0 Å². The zero-order valence-electron chi connectivity index (χ0n) is 34.6. The van der Waals surface area contributed by atoms with Crippen molar-refractivity contribution in [3.8, 4) is 0 Å². The summed E-state index contributed by atoms with van der Waals surface area (Å²) in [6, 6.07) is 0. The number of aliphatic hydroxyl groups is 1. The minimum absolute atomic E-state index is 0.0148. The van der Waals surface area contributed by atoms with E-state index < -0.39 is 38.6 Å². The summed E-state index contributed by atoms with van der Waals surface area (Å²) in [5.74, 6) is -1.29. The molecule has 4 atom stereocenters. The maximum Gasteiger partial charge on any atom is 0.469 e. The number of carbonyl (C=O) groups excluding carboxylic acids is 3. The molecule has 0 aromatic rings. The van der Waals surface area contributed by atoms with Gasteiger partial charge < -0.3 is 24.4 Å². The number of ketones is 1. The number of carbonyl (C=O) groups is 3. The Morgan fingerprint density at radius 3 is 1.96 bits per heavy atom. The van der Waals surface area contributed by atoms with Crippen molar-refractivity contribution in [3.05, 3.63) is 60.8 Å². The van der Waals surface area contributed by atoms with Gasteiger partial charge in [-0.1, -0.05) is 146 Å². The molecule has 0 saturated heterocycles. The van der Waals surface area contributed by atoms with Crippen molar-refractivity contribution in [2.24, 2.45) is 11.8 Å². The van der Waals surface area contributed by atoms with E-state index in [9.17, 15) is 24.1 Å². The number of phosphoric acid groups is 1. The second-order valence-electron chi connectivity index (χ2n) is 15.0. The minimum Gasteiger partial charge on any atom is -0.462 e. The zero-order valence-corrected chi connectivity index (χ0v) is 35.5. The molecule has 56 heavy (non-hydrogen) atoms. The molecule has 0 fully saturated rings. The molecule has 0 bridgehead atoms. The van der Waals surface area contributed by atoms with E-state index in [0.29, 0.717) is 32.1 Å². The smallest absolute Gasteiger partial charge is 0.462 e. The summed E-state index contributed by atoms with van der Waals surface area (Å²) in [6.45, 7) is 3.39. The lowest BCUT2D eigenvalue weighted by molar-refractivity contribution is -0.161. The maximum absolute atomic E-state index is 12.5. The van der Waals surface area contributed by atoms with Crippen LogP contribution in [0, 0.1) is 11.8 Å². The number of hydrogen-bond donors (Lipinski definition) is 3. The van der Waals surface area contributed by atoms with Crippen LogP contribution in [-0.2, 0) is 32.9 Å². The molecular weight excluding hydrogens is 731 g/mol. The highest BCUT2D eigenvalue weighted by Crippen LogP contribution is 2.36. The highest BCUT2D eigenvalue weighted by atomic mass is 31.2. The molecule has 3 N–H and O–H groups in total. The van der Waals surface area contributed by atoms with Crippen LogP contribution in [-0.4, -0.2) is 58.0 Å². The Balaban J connectivity index is 2.22. The van der Waals surface area contributed by atoms with Crippen LogP contribution < -0.4 is 0 Å². The first kappa shape index (κ1) is 51.4. The molecule has 1 aliphatic carbocycles. The second-order valence-corrected chi connectivity index (χ2v) is 16.2. The standard InChI is InChI=1S/C45H75O10P/c1-3-5-7-8-9-10-11-12-13-14-15-16-17-18-19-20-21-22-27-31-44(48)53-37-41(38-54-56(50,51)52)55-45(49)32-28-24-23-26-29-39-33-36-43(47)42(39)35-34-40(46)30-25-6-4-2/h9-10,12-13,23,26,33-36,39-42,46H,3-8,11,14-22,24-25,27-32,37-38H2,1-2H3,(H2,50,51,52)/b10-9-,13-12-,26-23-,35-34+/t39-,40-,41+,42+/m0/s1. The number of aliphatic hydroxyl groups excluding tert-OH is 1. The van der Waals surface area contributed by atoms with Crippen LogP contribution in [0.4, 0.5) is 0 Å². The van der Waals surface area contributed by atoms with Gasteiger partial charge in [-0.25, -0.2) is 4.57 Å². The van der Waals surface area contributed by atoms with Gasteiger partial charge >= 0.3 is 19.8 Å². The first-order chi connectivity index (χ1) is 27.1. The number of rotatable bonds is 36. The first-order valence-corrected chi connectivity index (χ1v) is 23.2. The summed E-state index contributed by atoms with van der Waals surface area (Å²) in [4.78, 5) is 55.4. The summed E-state index contributed by atoms with van der Waals surface area (Å²) in [7, 11) is -4.82. The fourth-order valence-electron chi connectivity index (χ4n) is 6.39. The molecule has 0 amide bonds. The third-order valence-corrected chi connectivity index (χ3v) is 10.2. The van der Waals surface area contributed by atoms with Gasteiger partial charge in [-0.05, 0) is 76.2 Å². The normalized spacial score (nSPS) is 17.3. The van der Waals surface area contributed by atoms with E-state index in [4.69, 9.17) is 19.3 Å². The van der Waals surface area contributed by atoms with Crippen molar-refractivity contribution >= 4 is 25.5 Å². The van der Waals surface area contributed by atoms with Crippen molar-refractivity contribution < 1.29 is 47.8 Å². The molecule has 0 spiro atoms. The molecule has 0 aromatic carbocycles. The zero-order chi connectivity index (χ0) is 41.1. The highest BCUT2D eigenvalue weighted by molar-refractivity contribution is 7.46. The maximum atomic E-state index is 12.5. The van der Waals surface area contributed by atoms with Crippen molar-refractivity contribution in [3.63, 3.8) is 0 Å². The molecule has 0 unspecified atom stereocenters. The molecule has 320 valence electrons. The Kier molecular flexibility index (Phi) is 31.6. The van der Waals surface area contributed by atoms with Crippen LogP contribution in [0.15, 0.2) is 60.8 Å². The average molecular weight is 807 g/mol. The topological polar surface area (TPSA) is 157 Å². The number of unbranched alkanes of at least 4 members (excludes halogenated alkanes) is 15. The van der Waals surface area contributed by atoms with Crippen LogP contribution in [0.3, 0.4) is 0 Å². The third kappa shape index (κ3) is 30.5. The van der Waals surface area contributed by atoms with Crippen molar-refractivity contribution in [1.82, 2.24) is 0 Å². The molecule has 1 rings (SSSR count). The fourth-order valence-corrected chi connectivity index (χ4v) is 6.75. The summed E-state index contributed by atoms with van der Waals surface area (Å²) in [6.07, 6.45) is 41.4. The Bertz CT molecular complexity index is 1230. The fraction of sp³-hybridized carbons (Fsp3) is 0.711. The molecule has 0 saturated carbocycles. The van der Waals surface area contributed by atoms with E-state index >= 15 is 0 Å². The molecule has 0 radical (unpaired) electrons. The lowest BCUT2D eigenvalue weighted by Crippen LogP contribution is -2.29. The number of ether oxygens (including phenoxy) is 2. The van der Waals surface area contributed by atoms with Crippen molar-refractivity contribution in [1.29, 1.82) is 0 Å². The summed E-state index contributed by atoms with van der Waals surface area (Å²) < 4.78 is 26.4. The van der Waals surface area contributed by atoms with Gasteiger partial charge in [0.05, 0.1) is 12.7 Å². The SMILES string of the molecule is CCCCC/C=C\C/C=C\CCCCCCCCCCCC(=O)OC[C@H](COP(=O)(O)O)OC(=O)CCC/C=C\C[C@H]1C=CC(=O)[C@@H]1/C=C/[C@@H](O)CCCCC. The van der Waals surface area contributed by atoms with E-state index in [0.717, 1.165) is 51.4 Å². The van der Waals surface area contributed by atoms with Gasteiger partial charge in [-0.15, -0.1) is 0 Å². The van der Waals surface area contributed by atoms with Crippen LogP contribution in [0.1, 0.15) is 168 Å². The van der Waals surface area contributed by atoms with Crippen molar-refractivity contribution in [2.75, 3.05) is 13.2 Å². The van der Waals surface area contributed by atoms with Crippen LogP contribution in [0.25, 0.3) is 0 Å². The van der Waals surface area contributed by atoms with Gasteiger partial charge in [-0.3, -0.25) is 18.9 Å². The summed E-state index contributed by atoms with van der Waals surface area (Å²) in [5.41, 5.74) is 0. The monoisotopic (exact) mass is 807 g/mol. The van der Waals surface area contributed by atoms with Crippen LogP contribution >= 0.6 is 7.82 Å². The Labute approximate surface area is 338 Å². The van der Waals surface area contributed by atoms with Crippen LogP contribution in [0.2, 0.25) is 0 Å². The minimum atomic E-state index is -4.82. The van der Waals surface area contributed by atoms with Gasteiger partial charge in [0, 0.05) is 18.8 Å². The lowest BCUT2D eigenvalue weighted by Gasteiger charge is -2.18.